The third-order valence-corrected chi connectivity index (χ3v) is 7.45. The maximum atomic E-state index is 12.6. The Bertz CT molecular complexity index is 722. The van der Waals surface area contributed by atoms with E-state index >= 15 is 0 Å². The van der Waals surface area contributed by atoms with Gasteiger partial charge in [0.2, 0.25) is 20.0 Å². The molecule has 0 spiro atoms. The summed E-state index contributed by atoms with van der Waals surface area (Å²) in [6.07, 6.45) is 1.65. The molecule has 0 saturated carbocycles. The molecule has 0 atom stereocenters. The zero-order chi connectivity index (χ0) is 17.1. The second kappa shape index (κ2) is 7.27. The SMILES string of the molecule is CNCC1CCN(S(=O)(=O)c2ccc(S(=O)(=O)NC)cc2)CC1. The quantitative estimate of drug-likeness (QED) is 0.755. The van der Waals surface area contributed by atoms with E-state index in [0.29, 0.717) is 19.0 Å². The van der Waals surface area contributed by atoms with Gasteiger partial charge in [0.05, 0.1) is 9.79 Å². The Morgan fingerprint density at radius 2 is 1.52 bits per heavy atom. The number of rotatable bonds is 6. The first-order valence-corrected chi connectivity index (χ1v) is 10.4. The Morgan fingerprint density at radius 1 is 1.00 bits per heavy atom. The summed E-state index contributed by atoms with van der Waals surface area (Å²) in [6.45, 7) is 1.88. The molecule has 2 N–H and O–H groups in total. The highest BCUT2D eigenvalue weighted by Crippen LogP contribution is 2.24. The first kappa shape index (κ1) is 18.3. The summed E-state index contributed by atoms with van der Waals surface area (Å²) in [4.78, 5) is 0.172. The van der Waals surface area contributed by atoms with Crippen LogP contribution in [-0.4, -0.2) is 54.9 Å². The summed E-state index contributed by atoms with van der Waals surface area (Å²) < 4.78 is 52.3. The normalized spacial score (nSPS) is 18.2. The first-order valence-electron chi connectivity index (χ1n) is 7.49. The lowest BCUT2D eigenvalue weighted by molar-refractivity contribution is 0.270. The molecule has 0 aliphatic carbocycles. The average Bonchev–Trinajstić information content (AvgIpc) is 2.56. The number of nitrogens with one attached hydrogen (secondary N) is 2. The topological polar surface area (TPSA) is 95.6 Å². The van der Waals surface area contributed by atoms with E-state index in [1.54, 1.807) is 0 Å². The molecule has 1 heterocycles. The lowest BCUT2D eigenvalue weighted by atomic mass is 9.98. The molecule has 0 radical (unpaired) electrons. The molecular formula is C14H23N3O4S2. The van der Waals surface area contributed by atoms with Crippen LogP contribution in [0.3, 0.4) is 0 Å². The molecule has 1 fully saturated rings. The van der Waals surface area contributed by atoms with Crippen molar-refractivity contribution in [1.29, 1.82) is 0 Å². The number of piperidine rings is 1. The van der Waals surface area contributed by atoms with Crippen molar-refractivity contribution in [2.24, 2.45) is 5.92 Å². The lowest BCUT2D eigenvalue weighted by Gasteiger charge is -2.31. The molecule has 1 aromatic rings. The molecule has 1 saturated heterocycles. The highest BCUT2D eigenvalue weighted by atomic mass is 32.2. The van der Waals surface area contributed by atoms with Crippen LogP contribution in [0.5, 0.6) is 0 Å². The van der Waals surface area contributed by atoms with Crippen molar-refractivity contribution in [2.75, 3.05) is 33.7 Å². The van der Waals surface area contributed by atoms with E-state index in [4.69, 9.17) is 0 Å². The minimum absolute atomic E-state index is 0.0479. The first-order chi connectivity index (χ1) is 10.8. The van der Waals surface area contributed by atoms with Gasteiger partial charge in [0.25, 0.3) is 0 Å². The van der Waals surface area contributed by atoms with Crippen molar-refractivity contribution < 1.29 is 16.8 Å². The van der Waals surface area contributed by atoms with Crippen molar-refractivity contribution in [3.63, 3.8) is 0 Å². The molecule has 9 heteroatoms. The molecule has 1 aliphatic heterocycles. The predicted octanol–water partition coefficient (Wildman–Crippen LogP) is 0.215. The highest BCUT2D eigenvalue weighted by molar-refractivity contribution is 7.89. The smallest absolute Gasteiger partial charge is 0.243 e. The Hall–Kier alpha value is -1.00. The van der Waals surface area contributed by atoms with E-state index in [1.807, 2.05) is 7.05 Å². The molecule has 0 aromatic heterocycles. The standard InChI is InChI=1S/C14H23N3O4S2/c1-15-11-12-7-9-17(10-8-12)23(20,21)14-5-3-13(4-6-14)22(18,19)16-2/h3-6,12,15-16H,7-11H2,1-2H3. The molecular weight excluding hydrogens is 338 g/mol. The van der Waals surface area contributed by atoms with Gasteiger partial charge >= 0.3 is 0 Å². The van der Waals surface area contributed by atoms with Crippen LogP contribution in [0.1, 0.15) is 12.8 Å². The van der Waals surface area contributed by atoms with E-state index in [9.17, 15) is 16.8 Å². The third-order valence-electron chi connectivity index (χ3n) is 4.11. The second-order valence-electron chi connectivity index (χ2n) is 5.58. The minimum atomic E-state index is -3.57. The van der Waals surface area contributed by atoms with E-state index in [0.717, 1.165) is 19.4 Å². The van der Waals surface area contributed by atoms with Crippen LogP contribution >= 0.6 is 0 Å². The van der Waals surface area contributed by atoms with Gasteiger partial charge in [0, 0.05) is 13.1 Å². The number of hydrogen-bond acceptors (Lipinski definition) is 5. The van der Waals surface area contributed by atoms with Crippen molar-refractivity contribution in [2.45, 2.75) is 22.6 Å². The zero-order valence-electron chi connectivity index (χ0n) is 13.3. The molecule has 0 unspecified atom stereocenters. The van der Waals surface area contributed by atoms with Gasteiger partial charge in [-0.1, -0.05) is 0 Å². The molecule has 0 bridgehead atoms. The Kier molecular flexibility index (Phi) is 5.79. The average molecular weight is 361 g/mol. The van der Waals surface area contributed by atoms with Crippen LogP contribution in [0.15, 0.2) is 34.1 Å². The van der Waals surface area contributed by atoms with Gasteiger partial charge < -0.3 is 5.32 Å². The highest BCUT2D eigenvalue weighted by Gasteiger charge is 2.29. The molecule has 23 heavy (non-hydrogen) atoms. The largest absolute Gasteiger partial charge is 0.319 e. The van der Waals surface area contributed by atoms with Gasteiger partial charge in [-0.3, -0.25) is 0 Å². The Balaban J connectivity index is 2.15. The fraction of sp³-hybridized carbons (Fsp3) is 0.571. The molecule has 2 rings (SSSR count). The summed E-state index contributed by atoms with van der Waals surface area (Å²) in [6, 6.07) is 5.32. The van der Waals surface area contributed by atoms with Gasteiger partial charge in [-0.25, -0.2) is 21.6 Å². The van der Waals surface area contributed by atoms with Crippen LogP contribution in [0.4, 0.5) is 0 Å². The Morgan fingerprint density at radius 3 is 2.00 bits per heavy atom. The van der Waals surface area contributed by atoms with E-state index in [-0.39, 0.29) is 9.79 Å². The van der Waals surface area contributed by atoms with E-state index in [1.165, 1.54) is 35.6 Å². The number of nitrogens with zero attached hydrogens (tertiary/aromatic N) is 1. The minimum Gasteiger partial charge on any atom is -0.319 e. The van der Waals surface area contributed by atoms with Crippen molar-refractivity contribution in [3.8, 4) is 0 Å². The van der Waals surface area contributed by atoms with Crippen LogP contribution < -0.4 is 10.0 Å². The molecule has 7 nitrogen and oxygen atoms in total. The molecule has 130 valence electrons. The van der Waals surface area contributed by atoms with Gasteiger partial charge in [-0.2, -0.15) is 4.31 Å². The fourth-order valence-electron chi connectivity index (χ4n) is 2.70. The van der Waals surface area contributed by atoms with Gasteiger partial charge in [0.15, 0.2) is 0 Å². The fourth-order valence-corrected chi connectivity index (χ4v) is 4.90. The summed E-state index contributed by atoms with van der Waals surface area (Å²) >= 11 is 0. The zero-order valence-corrected chi connectivity index (χ0v) is 15.0. The molecule has 1 aromatic carbocycles. The number of benzene rings is 1. The van der Waals surface area contributed by atoms with Crippen LogP contribution in [0.2, 0.25) is 0 Å². The maximum absolute atomic E-state index is 12.6. The predicted molar refractivity (Wildman–Crippen MR) is 88.1 cm³/mol. The molecule has 0 amide bonds. The van der Waals surface area contributed by atoms with Crippen molar-refractivity contribution >= 4 is 20.0 Å². The second-order valence-corrected chi connectivity index (χ2v) is 9.41. The number of hydrogen-bond donors (Lipinski definition) is 2. The van der Waals surface area contributed by atoms with Gasteiger partial charge in [-0.05, 0) is 63.7 Å². The third kappa shape index (κ3) is 4.10. The maximum Gasteiger partial charge on any atom is 0.243 e. The van der Waals surface area contributed by atoms with Crippen molar-refractivity contribution in [3.05, 3.63) is 24.3 Å². The van der Waals surface area contributed by atoms with E-state index < -0.39 is 20.0 Å². The summed E-state index contributed by atoms with van der Waals surface area (Å²) in [5.74, 6) is 0.495. The van der Waals surface area contributed by atoms with Gasteiger partial charge in [0.1, 0.15) is 0 Å². The monoisotopic (exact) mass is 361 g/mol. The van der Waals surface area contributed by atoms with Crippen LogP contribution in [0, 0.1) is 5.92 Å². The van der Waals surface area contributed by atoms with Gasteiger partial charge in [-0.15, -0.1) is 0 Å². The Labute approximate surface area is 138 Å². The van der Waals surface area contributed by atoms with Crippen molar-refractivity contribution in [1.82, 2.24) is 14.3 Å². The summed E-state index contributed by atoms with van der Waals surface area (Å²) in [5, 5.41) is 3.12. The van der Waals surface area contributed by atoms with Crippen LogP contribution in [0.25, 0.3) is 0 Å². The van der Waals surface area contributed by atoms with Crippen LogP contribution in [-0.2, 0) is 20.0 Å². The summed E-state index contributed by atoms with van der Waals surface area (Å²) in [5.41, 5.74) is 0. The van der Waals surface area contributed by atoms with E-state index in [2.05, 4.69) is 10.0 Å². The number of sulfonamides is 2. The molecule has 1 aliphatic rings. The summed E-state index contributed by atoms with van der Waals surface area (Å²) in [7, 11) is -3.93. The lowest BCUT2D eigenvalue weighted by Crippen LogP contribution is -2.40.